The number of anilines is 1. The molecule has 1 N–H and O–H groups in total. The van der Waals surface area contributed by atoms with Crippen LogP contribution < -0.4 is 10.1 Å². The molecule has 1 fully saturated rings. The second-order valence-corrected chi connectivity index (χ2v) is 11.1. The van der Waals surface area contributed by atoms with Gasteiger partial charge in [0.2, 0.25) is 15.9 Å². The fourth-order valence-electron chi connectivity index (χ4n) is 4.31. The van der Waals surface area contributed by atoms with E-state index in [0.717, 1.165) is 5.56 Å². The summed E-state index contributed by atoms with van der Waals surface area (Å²) in [5.74, 6) is -0.262. The zero-order valence-corrected chi connectivity index (χ0v) is 21.6. The smallest absolute Gasteiger partial charge is 0.243 e. The number of methoxy groups -OCH3 is 1. The molecule has 1 saturated heterocycles. The molecule has 4 rings (SSSR count). The SMILES string of the molecule is COc1ccc(S(=O)(=O)N2CCC(C(=O)Nc3ccc(Cl)cc3C(=O)c3ccccc3)CC2)cc1C. The molecule has 3 aromatic rings. The molecule has 188 valence electrons. The summed E-state index contributed by atoms with van der Waals surface area (Å²) in [6.45, 7) is 2.24. The van der Waals surface area contributed by atoms with E-state index in [4.69, 9.17) is 16.3 Å². The van der Waals surface area contributed by atoms with Gasteiger partial charge in [-0.15, -0.1) is 0 Å². The number of rotatable bonds is 7. The molecule has 0 spiro atoms. The average molecular weight is 527 g/mol. The molecule has 36 heavy (non-hydrogen) atoms. The Labute approximate surface area is 216 Å². The van der Waals surface area contributed by atoms with Crippen molar-refractivity contribution in [3.05, 3.63) is 88.4 Å². The van der Waals surface area contributed by atoms with Gasteiger partial charge in [-0.1, -0.05) is 41.9 Å². The van der Waals surface area contributed by atoms with E-state index in [-0.39, 0.29) is 35.6 Å². The molecule has 0 radical (unpaired) electrons. The van der Waals surface area contributed by atoms with Gasteiger partial charge in [0.05, 0.1) is 17.7 Å². The molecular formula is C27H27ClN2O5S. The number of ketones is 1. The molecule has 0 aromatic heterocycles. The van der Waals surface area contributed by atoms with Crippen molar-refractivity contribution < 1.29 is 22.7 Å². The van der Waals surface area contributed by atoms with Crippen LogP contribution in [0.2, 0.25) is 5.02 Å². The van der Waals surface area contributed by atoms with Gasteiger partial charge in [0.1, 0.15) is 5.75 Å². The predicted molar refractivity (Wildman–Crippen MR) is 139 cm³/mol. The van der Waals surface area contributed by atoms with Crippen LogP contribution in [-0.2, 0) is 14.8 Å². The van der Waals surface area contributed by atoms with Gasteiger partial charge in [-0.05, 0) is 61.7 Å². The van der Waals surface area contributed by atoms with Crippen molar-refractivity contribution in [2.24, 2.45) is 5.92 Å². The van der Waals surface area contributed by atoms with Crippen molar-refractivity contribution in [1.82, 2.24) is 4.31 Å². The van der Waals surface area contributed by atoms with Crippen LogP contribution in [0.3, 0.4) is 0 Å². The fraction of sp³-hybridized carbons (Fsp3) is 0.259. The maximum Gasteiger partial charge on any atom is 0.243 e. The Hall–Kier alpha value is -3.20. The number of halogens is 1. The summed E-state index contributed by atoms with van der Waals surface area (Å²) in [6.07, 6.45) is 0.742. The minimum absolute atomic E-state index is 0.203. The highest BCUT2D eigenvalue weighted by atomic mass is 35.5. The normalized spacial score (nSPS) is 14.9. The molecule has 1 aliphatic rings. The third-order valence-corrected chi connectivity index (χ3v) is 8.48. The number of benzene rings is 3. The van der Waals surface area contributed by atoms with Crippen molar-refractivity contribution in [2.75, 3.05) is 25.5 Å². The van der Waals surface area contributed by atoms with Gasteiger partial charge >= 0.3 is 0 Å². The summed E-state index contributed by atoms with van der Waals surface area (Å²) >= 11 is 6.14. The first-order valence-electron chi connectivity index (χ1n) is 11.6. The number of nitrogens with zero attached hydrogens (tertiary/aromatic N) is 1. The van der Waals surface area contributed by atoms with Crippen molar-refractivity contribution in [3.8, 4) is 5.75 Å². The van der Waals surface area contributed by atoms with E-state index in [9.17, 15) is 18.0 Å². The van der Waals surface area contributed by atoms with Crippen LogP contribution in [0, 0.1) is 12.8 Å². The monoisotopic (exact) mass is 526 g/mol. The Morgan fingerprint density at radius 2 is 1.69 bits per heavy atom. The fourth-order valence-corrected chi connectivity index (χ4v) is 6.04. The summed E-state index contributed by atoms with van der Waals surface area (Å²) in [5.41, 5.74) is 1.90. The molecule has 1 aliphatic heterocycles. The summed E-state index contributed by atoms with van der Waals surface area (Å²) < 4.78 is 32.9. The summed E-state index contributed by atoms with van der Waals surface area (Å²) in [4.78, 5) is 26.3. The molecule has 9 heteroatoms. The minimum Gasteiger partial charge on any atom is -0.496 e. The quantitative estimate of drug-likeness (QED) is 0.441. The number of aryl methyl sites for hydroxylation is 1. The summed E-state index contributed by atoms with van der Waals surface area (Å²) in [7, 11) is -2.15. The zero-order chi connectivity index (χ0) is 25.9. The number of hydrogen-bond acceptors (Lipinski definition) is 5. The molecule has 0 saturated carbocycles. The second-order valence-electron chi connectivity index (χ2n) is 8.68. The van der Waals surface area contributed by atoms with Gasteiger partial charge in [0, 0.05) is 35.2 Å². The maximum absolute atomic E-state index is 13.1. The largest absolute Gasteiger partial charge is 0.496 e. The van der Waals surface area contributed by atoms with E-state index in [1.165, 1.54) is 17.5 Å². The van der Waals surface area contributed by atoms with Crippen molar-refractivity contribution in [1.29, 1.82) is 0 Å². The second kappa shape index (κ2) is 10.8. The number of ether oxygens (including phenoxy) is 1. The number of sulfonamides is 1. The molecule has 3 aromatic carbocycles. The highest BCUT2D eigenvalue weighted by molar-refractivity contribution is 7.89. The molecule has 1 heterocycles. The Bertz CT molecular complexity index is 1380. The lowest BCUT2D eigenvalue weighted by Crippen LogP contribution is -2.41. The van der Waals surface area contributed by atoms with Gasteiger partial charge < -0.3 is 10.1 Å². The number of piperidine rings is 1. The van der Waals surface area contributed by atoms with Crippen molar-refractivity contribution >= 4 is 39.0 Å². The minimum atomic E-state index is -3.68. The number of carbonyl (C=O) groups is 2. The Balaban J connectivity index is 1.45. The van der Waals surface area contributed by atoms with E-state index in [1.807, 2.05) is 6.07 Å². The van der Waals surface area contributed by atoms with Gasteiger partial charge in [-0.3, -0.25) is 9.59 Å². The first-order valence-corrected chi connectivity index (χ1v) is 13.4. The molecule has 1 amide bonds. The Kier molecular flexibility index (Phi) is 7.78. The summed E-state index contributed by atoms with van der Waals surface area (Å²) in [5, 5.41) is 3.25. The number of nitrogens with one attached hydrogen (secondary N) is 1. The van der Waals surface area contributed by atoms with Crippen molar-refractivity contribution in [2.45, 2.75) is 24.7 Å². The van der Waals surface area contributed by atoms with Crippen LogP contribution in [0.5, 0.6) is 5.75 Å². The van der Waals surface area contributed by atoms with E-state index in [1.54, 1.807) is 61.5 Å². The van der Waals surface area contributed by atoms with Crippen LogP contribution >= 0.6 is 11.6 Å². The molecule has 0 atom stereocenters. The predicted octanol–water partition coefficient (Wildman–Crippen LogP) is 4.93. The lowest BCUT2D eigenvalue weighted by Gasteiger charge is -2.30. The first kappa shape index (κ1) is 25.9. The molecule has 0 bridgehead atoms. The molecule has 7 nitrogen and oxygen atoms in total. The van der Waals surface area contributed by atoms with Crippen LogP contribution in [0.4, 0.5) is 5.69 Å². The van der Waals surface area contributed by atoms with Gasteiger partial charge in [0.15, 0.2) is 5.78 Å². The van der Waals surface area contributed by atoms with E-state index in [2.05, 4.69) is 5.32 Å². The van der Waals surface area contributed by atoms with Crippen molar-refractivity contribution in [3.63, 3.8) is 0 Å². The molecule has 0 unspecified atom stereocenters. The Morgan fingerprint density at radius 1 is 1.00 bits per heavy atom. The van der Waals surface area contributed by atoms with Gasteiger partial charge in [0.25, 0.3) is 0 Å². The zero-order valence-electron chi connectivity index (χ0n) is 20.0. The van der Waals surface area contributed by atoms with E-state index in [0.29, 0.717) is 40.4 Å². The molecular weight excluding hydrogens is 500 g/mol. The average Bonchev–Trinajstić information content (AvgIpc) is 2.89. The van der Waals surface area contributed by atoms with Crippen LogP contribution in [0.15, 0.2) is 71.6 Å². The molecule has 0 aliphatic carbocycles. The lowest BCUT2D eigenvalue weighted by atomic mass is 9.96. The van der Waals surface area contributed by atoms with E-state index >= 15 is 0 Å². The Morgan fingerprint density at radius 3 is 2.33 bits per heavy atom. The topological polar surface area (TPSA) is 92.8 Å². The summed E-state index contributed by atoms with van der Waals surface area (Å²) in [6, 6.07) is 18.3. The van der Waals surface area contributed by atoms with Crippen LogP contribution in [-0.4, -0.2) is 44.6 Å². The third kappa shape index (κ3) is 5.46. The maximum atomic E-state index is 13.1. The van der Waals surface area contributed by atoms with Crippen LogP contribution in [0.25, 0.3) is 0 Å². The number of amides is 1. The first-order chi connectivity index (χ1) is 17.2. The van der Waals surface area contributed by atoms with E-state index < -0.39 is 10.0 Å². The highest BCUT2D eigenvalue weighted by Gasteiger charge is 2.32. The highest BCUT2D eigenvalue weighted by Crippen LogP contribution is 2.29. The van der Waals surface area contributed by atoms with Gasteiger partial charge in [-0.25, -0.2) is 8.42 Å². The lowest BCUT2D eigenvalue weighted by molar-refractivity contribution is -0.120. The van der Waals surface area contributed by atoms with Crippen LogP contribution in [0.1, 0.15) is 34.3 Å². The third-order valence-electron chi connectivity index (χ3n) is 6.35. The standard InChI is InChI=1S/C27H27ClN2O5S/c1-18-16-22(9-11-25(18)35-2)36(33,34)30-14-12-20(13-15-30)27(32)29-24-10-8-21(28)17-23(24)26(31)19-6-4-3-5-7-19/h3-11,16-17,20H,12-15H2,1-2H3,(H,29,32). The number of hydrogen-bond donors (Lipinski definition) is 1. The number of carbonyl (C=O) groups excluding carboxylic acids is 2. The van der Waals surface area contributed by atoms with Gasteiger partial charge in [-0.2, -0.15) is 4.31 Å².